The molecule has 7 nitrogen and oxygen atoms in total. The van der Waals surface area contributed by atoms with E-state index in [-0.39, 0.29) is 17.7 Å². The van der Waals surface area contributed by atoms with Gasteiger partial charge in [-0.1, -0.05) is 6.92 Å². The zero-order valence-electron chi connectivity index (χ0n) is 20.9. The van der Waals surface area contributed by atoms with E-state index in [1.165, 1.54) is 32.9 Å². The smallest absolute Gasteiger partial charge is 0.223 e. The molecule has 34 heavy (non-hydrogen) atoms. The molecule has 2 fully saturated rings. The van der Waals surface area contributed by atoms with Gasteiger partial charge >= 0.3 is 0 Å². The molecule has 2 aliphatic heterocycles. The van der Waals surface area contributed by atoms with Crippen LogP contribution in [0.1, 0.15) is 51.5 Å². The lowest BCUT2D eigenvalue weighted by molar-refractivity contribution is -0.125. The number of hydrogen-bond acceptors (Lipinski definition) is 5. The number of aryl methyl sites for hydroxylation is 1. The Bertz CT molecular complexity index is 1020. The number of nitrogens with zero attached hydrogens (tertiary/aromatic N) is 3. The summed E-state index contributed by atoms with van der Waals surface area (Å²) in [6.45, 7) is 11.9. The molecule has 4 rings (SSSR count). The molecule has 0 aliphatic carbocycles. The van der Waals surface area contributed by atoms with Crippen molar-refractivity contribution in [1.82, 2.24) is 15.2 Å². The van der Waals surface area contributed by atoms with Gasteiger partial charge in [-0.05, 0) is 87.9 Å². The summed E-state index contributed by atoms with van der Waals surface area (Å²) in [7, 11) is 0. The lowest BCUT2D eigenvalue weighted by Gasteiger charge is -2.33. The summed E-state index contributed by atoms with van der Waals surface area (Å²) in [5.41, 5.74) is 2.84. The third kappa shape index (κ3) is 6.26. The minimum atomic E-state index is -0.0786. The number of rotatable bonds is 7. The summed E-state index contributed by atoms with van der Waals surface area (Å²) in [6.07, 6.45) is 5.39. The van der Waals surface area contributed by atoms with Crippen LogP contribution in [0.2, 0.25) is 0 Å². The third-order valence-electron chi connectivity index (χ3n) is 7.20. The largest absolute Gasteiger partial charge is 0.357 e. The predicted octanol–water partition coefficient (Wildman–Crippen LogP) is 3.96. The normalized spacial score (nSPS) is 19.9. The van der Waals surface area contributed by atoms with Crippen molar-refractivity contribution in [3.8, 4) is 0 Å². The Hall–Kier alpha value is -2.67. The molecule has 1 aromatic heterocycles. The van der Waals surface area contributed by atoms with Crippen LogP contribution in [0.15, 0.2) is 24.3 Å². The van der Waals surface area contributed by atoms with Crippen LogP contribution in [0.5, 0.6) is 0 Å². The molecular formula is C27H39N5O2. The average molecular weight is 466 g/mol. The van der Waals surface area contributed by atoms with Crippen molar-refractivity contribution in [3.05, 3.63) is 29.8 Å². The van der Waals surface area contributed by atoms with E-state index in [9.17, 15) is 9.59 Å². The van der Waals surface area contributed by atoms with E-state index in [0.717, 1.165) is 79.3 Å². The first-order valence-corrected chi connectivity index (χ1v) is 12.8. The highest BCUT2D eigenvalue weighted by atomic mass is 16.2. The molecule has 7 heteroatoms. The number of piperidine rings is 2. The van der Waals surface area contributed by atoms with Gasteiger partial charge in [0.25, 0.3) is 0 Å². The fourth-order valence-corrected chi connectivity index (χ4v) is 5.34. The van der Waals surface area contributed by atoms with Gasteiger partial charge in [-0.2, -0.15) is 0 Å². The van der Waals surface area contributed by atoms with Crippen LogP contribution in [0.25, 0.3) is 10.9 Å². The van der Waals surface area contributed by atoms with Crippen LogP contribution < -0.4 is 15.5 Å². The molecule has 3 heterocycles. The molecule has 2 aliphatic rings. The van der Waals surface area contributed by atoms with E-state index < -0.39 is 0 Å². The van der Waals surface area contributed by atoms with Crippen LogP contribution in [0, 0.1) is 18.8 Å². The molecule has 0 spiro atoms. The summed E-state index contributed by atoms with van der Waals surface area (Å²) in [5, 5.41) is 7.06. The van der Waals surface area contributed by atoms with Crippen molar-refractivity contribution < 1.29 is 9.59 Å². The number of carbonyl (C=O) groups excluding carboxylic acids is 2. The Balaban J connectivity index is 1.25. The van der Waals surface area contributed by atoms with Crippen LogP contribution in [-0.4, -0.2) is 61.0 Å². The standard InChI is InChI=1S/C27H39N5O2/c1-19-6-4-12-31(18-19)13-5-11-28-27(34)22-9-14-32(15-10-22)26-16-20(2)24-17-23(29-21(3)33)7-8-25(24)30-26/h7-8,16-17,19,22H,4-6,9-15,18H2,1-3H3,(H,28,34)(H,29,33)/t19-/m0/s1. The van der Waals surface area contributed by atoms with E-state index in [1.807, 2.05) is 18.2 Å². The number of fused-ring (bicyclic) bond motifs is 1. The lowest BCUT2D eigenvalue weighted by Crippen LogP contribution is -2.42. The van der Waals surface area contributed by atoms with Crippen LogP contribution in [0.3, 0.4) is 0 Å². The van der Waals surface area contributed by atoms with Gasteiger partial charge in [-0.3, -0.25) is 9.59 Å². The van der Waals surface area contributed by atoms with E-state index in [2.05, 4.69) is 40.3 Å². The van der Waals surface area contributed by atoms with Gasteiger partial charge in [-0.25, -0.2) is 4.98 Å². The summed E-state index contributed by atoms with van der Waals surface area (Å²) in [4.78, 5) is 33.7. The zero-order chi connectivity index (χ0) is 24.1. The summed E-state index contributed by atoms with van der Waals surface area (Å²) < 4.78 is 0. The third-order valence-corrected chi connectivity index (χ3v) is 7.20. The summed E-state index contributed by atoms with van der Waals surface area (Å²) in [6, 6.07) is 7.94. The Kier molecular flexibility index (Phi) is 8.03. The highest BCUT2D eigenvalue weighted by molar-refractivity contribution is 5.93. The Morgan fingerprint density at radius 2 is 1.91 bits per heavy atom. The molecule has 2 aromatic rings. The molecule has 2 amide bonds. The first-order valence-electron chi connectivity index (χ1n) is 12.8. The number of likely N-dealkylation sites (tertiary alicyclic amines) is 1. The van der Waals surface area contributed by atoms with Gasteiger partial charge in [-0.15, -0.1) is 0 Å². The second kappa shape index (κ2) is 11.2. The van der Waals surface area contributed by atoms with Gasteiger partial charge in [0, 0.05) is 50.1 Å². The van der Waals surface area contributed by atoms with Crippen molar-refractivity contribution in [2.75, 3.05) is 49.5 Å². The minimum Gasteiger partial charge on any atom is -0.357 e. The topological polar surface area (TPSA) is 77.6 Å². The average Bonchev–Trinajstić information content (AvgIpc) is 2.82. The van der Waals surface area contributed by atoms with E-state index in [1.54, 1.807) is 0 Å². The maximum Gasteiger partial charge on any atom is 0.223 e. The highest BCUT2D eigenvalue weighted by Crippen LogP contribution is 2.28. The summed E-state index contributed by atoms with van der Waals surface area (Å²) >= 11 is 0. The molecule has 184 valence electrons. The zero-order valence-corrected chi connectivity index (χ0v) is 20.9. The first kappa shape index (κ1) is 24.5. The van der Waals surface area contributed by atoms with Crippen molar-refractivity contribution in [2.24, 2.45) is 11.8 Å². The van der Waals surface area contributed by atoms with Crippen molar-refractivity contribution in [3.63, 3.8) is 0 Å². The molecule has 2 saturated heterocycles. The number of carbonyl (C=O) groups is 2. The summed E-state index contributed by atoms with van der Waals surface area (Å²) in [5.74, 6) is 1.99. The number of aromatic nitrogens is 1. The maximum atomic E-state index is 12.7. The predicted molar refractivity (Wildman–Crippen MR) is 138 cm³/mol. The van der Waals surface area contributed by atoms with Crippen molar-refractivity contribution in [1.29, 1.82) is 0 Å². The quantitative estimate of drug-likeness (QED) is 0.606. The minimum absolute atomic E-state index is 0.0786. The van der Waals surface area contributed by atoms with Gasteiger partial charge < -0.3 is 20.4 Å². The number of amides is 2. The second-order valence-electron chi connectivity index (χ2n) is 10.2. The fourth-order valence-electron chi connectivity index (χ4n) is 5.34. The van der Waals surface area contributed by atoms with Crippen molar-refractivity contribution >= 4 is 34.2 Å². The molecule has 0 unspecified atom stereocenters. The number of hydrogen-bond donors (Lipinski definition) is 2. The molecule has 2 N–H and O–H groups in total. The van der Waals surface area contributed by atoms with Crippen molar-refractivity contribution in [2.45, 2.75) is 52.9 Å². The molecule has 1 atom stereocenters. The van der Waals surface area contributed by atoms with E-state index >= 15 is 0 Å². The SMILES string of the molecule is CC(=O)Nc1ccc2nc(N3CCC(C(=O)NCCCN4CCC[C@H](C)C4)CC3)cc(C)c2c1. The van der Waals surface area contributed by atoms with Crippen LogP contribution in [-0.2, 0) is 9.59 Å². The maximum absolute atomic E-state index is 12.7. The monoisotopic (exact) mass is 465 g/mol. The number of pyridine rings is 1. The lowest BCUT2D eigenvalue weighted by atomic mass is 9.95. The Morgan fingerprint density at radius 1 is 1.12 bits per heavy atom. The molecule has 0 bridgehead atoms. The fraction of sp³-hybridized carbons (Fsp3) is 0.593. The first-order chi connectivity index (χ1) is 16.4. The van der Waals surface area contributed by atoms with Crippen LogP contribution in [0.4, 0.5) is 11.5 Å². The number of benzene rings is 1. The van der Waals surface area contributed by atoms with Gasteiger partial charge in [0.15, 0.2) is 0 Å². The van der Waals surface area contributed by atoms with E-state index in [0.29, 0.717) is 0 Å². The van der Waals surface area contributed by atoms with Gasteiger partial charge in [0.2, 0.25) is 11.8 Å². The molecule has 1 aromatic carbocycles. The van der Waals surface area contributed by atoms with Gasteiger partial charge in [0.05, 0.1) is 5.52 Å². The molecule has 0 saturated carbocycles. The Morgan fingerprint density at radius 3 is 2.65 bits per heavy atom. The second-order valence-corrected chi connectivity index (χ2v) is 10.2. The van der Waals surface area contributed by atoms with E-state index in [4.69, 9.17) is 4.98 Å². The Labute approximate surface area is 203 Å². The molecular weight excluding hydrogens is 426 g/mol. The van der Waals surface area contributed by atoms with Crippen LogP contribution >= 0.6 is 0 Å². The number of anilines is 2. The molecule has 0 radical (unpaired) electrons. The van der Waals surface area contributed by atoms with Gasteiger partial charge in [0.1, 0.15) is 5.82 Å². The number of nitrogens with one attached hydrogen (secondary N) is 2. The highest BCUT2D eigenvalue weighted by Gasteiger charge is 2.26.